The summed E-state index contributed by atoms with van der Waals surface area (Å²) in [4.78, 5) is 18.0. The Morgan fingerprint density at radius 1 is 1.17 bits per heavy atom. The molecule has 0 spiro atoms. The first-order valence-electron chi connectivity index (χ1n) is 9.60. The second-order valence-electron chi connectivity index (χ2n) is 7.50. The number of carbonyl (C=O) groups excluding carboxylic acids is 1. The van der Waals surface area contributed by atoms with Crippen LogP contribution in [0.15, 0.2) is 36.4 Å². The number of benzene rings is 2. The van der Waals surface area contributed by atoms with E-state index in [-0.39, 0.29) is 18.3 Å². The SMILES string of the molecule is O=C1N(Cc2nc3cc(Cl)ccc3n2C2CCOCC2)c2cc(F)ccc2C1(F)F. The lowest BCUT2D eigenvalue weighted by Gasteiger charge is -2.27. The average Bonchev–Trinajstić information content (AvgIpc) is 3.16. The molecule has 0 unspecified atom stereocenters. The third kappa shape index (κ3) is 2.97. The average molecular weight is 436 g/mol. The minimum Gasteiger partial charge on any atom is -0.381 e. The van der Waals surface area contributed by atoms with Crippen molar-refractivity contribution >= 4 is 34.2 Å². The quantitative estimate of drug-likeness (QED) is 0.592. The van der Waals surface area contributed by atoms with Crippen LogP contribution in [0.5, 0.6) is 0 Å². The molecule has 1 aromatic heterocycles. The molecule has 5 nitrogen and oxygen atoms in total. The van der Waals surface area contributed by atoms with Crippen molar-refractivity contribution in [3.8, 4) is 0 Å². The van der Waals surface area contributed by atoms with Gasteiger partial charge in [-0.3, -0.25) is 9.69 Å². The Morgan fingerprint density at radius 3 is 2.70 bits per heavy atom. The Balaban J connectivity index is 1.62. The number of carbonyl (C=O) groups is 1. The van der Waals surface area contributed by atoms with Crippen LogP contribution < -0.4 is 4.90 Å². The third-order valence-corrected chi connectivity index (χ3v) is 5.92. The van der Waals surface area contributed by atoms with E-state index in [1.165, 1.54) is 0 Å². The Kier molecular flexibility index (Phi) is 4.52. The number of amides is 1. The first kappa shape index (κ1) is 19.4. The summed E-state index contributed by atoms with van der Waals surface area (Å²) in [6.45, 7) is 0.951. The standard InChI is InChI=1S/C21H17ClF3N3O2/c22-12-1-4-17-16(9-12)26-19(28(17)14-5-7-30-8-6-14)11-27-18-10-13(23)2-3-15(18)21(24,25)20(27)29/h1-4,9-10,14H,5-8,11H2. The molecule has 2 aliphatic heterocycles. The maximum Gasteiger partial charge on any atom is 0.352 e. The number of hydrogen-bond donors (Lipinski definition) is 0. The maximum atomic E-state index is 14.6. The molecule has 5 rings (SSSR count). The topological polar surface area (TPSA) is 47.4 Å². The molecule has 30 heavy (non-hydrogen) atoms. The molecule has 0 radical (unpaired) electrons. The van der Waals surface area contributed by atoms with Crippen LogP contribution in [-0.2, 0) is 22.0 Å². The summed E-state index contributed by atoms with van der Waals surface area (Å²) >= 11 is 6.11. The van der Waals surface area contributed by atoms with E-state index in [4.69, 9.17) is 16.3 Å². The van der Waals surface area contributed by atoms with Crippen molar-refractivity contribution in [2.75, 3.05) is 18.1 Å². The Bertz CT molecular complexity index is 1160. The number of ether oxygens (including phenoxy) is 1. The van der Waals surface area contributed by atoms with Crippen molar-refractivity contribution in [1.82, 2.24) is 9.55 Å². The molecule has 3 aromatic rings. The number of fused-ring (bicyclic) bond motifs is 2. The molecule has 156 valence electrons. The minimum absolute atomic E-state index is 0.0464. The Morgan fingerprint density at radius 2 is 1.93 bits per heavy atom. The molecule has 1 fully saturated rings. The number of imidazole rings is 1. The second kappa shape index (κ2) is 6.99. The summed E-state index contributed by atoms with van der Waals surface area (Å²) in [5.74, 6) is -5.33. The van der Waals surface area contributed by atoms with Crippen molar-refractivity contribution < 1.29 is 22.7 Å². The first-order chi connectivity index (χ1) is 14.4. The molecule has 2 aromatic carbocycles. The normalized spacial score (nSPS) is 18.9. The van der Waals surface area contributed by atoms with E-state index in [1.807, 2.05) is 10.6 Å². The van der Waals surface area contributed by atoms with Crippen LogP contribution in [0.4, 0.5) is 18.9 Å². The lowest BCUT2D eigenvalue weighted by Crippen LogP contribution is -2.35. The van der Waals surface area contributed by atoms with E-state index in [9.17, 15) is 18.0 Å². The van der Waals surface area contributed by atoms with Gasteiger partial charge in [-0.05, 0) is 49.2 Å². The van der Waals surface area contributed by atoms with Crippen LogP contribution in [0.3, 0.4) is 0 Å². The van der Waals surface area contributed by atoms with E-state index in [2.05, 4.69) is 4.98 Å². The molecule has 2 aliphatic rings. The molecule has 0 atom stereocenters. The van der Waals surface area contributed by atoms with E-state index in [0.29, 0.717) is 29.6 Å². The van der Waals surface area contributed by atoms with Gasteiger partial charge in [-0.15, -0.1) is 0 Å². The Hall–Kier alpha value is -2.58. The number of anilines is 1. The van der Waals surface area contributed by atoms with Crippen LogP contribution in [-0.4, -0.2) is 28.7 Å². The summed E-state index contributed by atoms with van der Waals surface area (Å²) in [6, 6.07) is 8.18. The number of nitrogens with zero attached hydrogens (tertiary/aromatic N) is 3. The van der Waals surface area contributed by atoms with E-state index >= 15 is 0 Å². The van der Waals surface area contributed by atoms with Crippen molar-refractivity contribution in [1.29, 1.82) is 0 Å². The van der Waals surface area contributed by atoms with Gasteiger partial charge >= 0.3 is 11.8 Å². The highest BCUT2D eigenvalue weighted by Crippen LogP contribution is 2.45. The van der Waals surface area contributed by atoms with Gasteiger partial charge in [-0.2, -0.15) is 8.78 Å². The number of alkyl halides is 2. The molecule has 3 heterocycles. The molecule has 9 heteroatoms. The number of hydrogen-bond acceptors (Lipinski definition) is 3. The summed E-state index contributed by atoms with van der Waals surface area (Å²) < 4.78 is 50.3. The summed E-state index contributed by atoms with van der Waals surface area (Å²) in [7, 11) is 0. The number of halogens is 4. The van der Waals surface area contributed by atoms with Gasteiger partial charge in [-0.25, -0.2) is 9.37 Å². The molecule has 0 saturated carbocycles. The zero-order valence-electron chi connectivity index (χ0n) is 15.7. The highest BCUT2D eigenvalue weighted by molar-refractivity contribution is 6.31. The van der Waals surface area contributed by atoms with Crippen LogP contribution in [0.2, 0.25) is 5.02 Å². The smallest absolute Gasteiger partial charge is 0.352 e. The number of rotatable bonds is 3. The third-order valence-electron chi connectivity index (χ3n) is 5.68. The van der Waals surface area contributed by atoms with Crippen molar-refractivity contribution in [3.63, 3.8) is 0 Å². The van der Waals surface area contributed by atoms with Crippen molar-refractivity contribution in [2.24, 2.45) is 0 Å². The molecule has 1 amide bonds. The summed E-state index contributed by atoms with van der Waals surface area (Å²) in [6.07, 6.45) is 1.47. The molecule has 0 N–H and O–H groups in total. The second-order valence-corrected chi connectivity index (χ2v) is 7.94. The van der Waals surface area contributed by atoms with Gasteiger partial charge in [0.25, 0.3) is 0 Å². The summed E-state index contributed by atoms with van der Waals surface area (Å²) in [5, 5.41) is 0.502. The fourth-order valence-electron chi connectivity index (χ4n) is 4.27. The highest BCUT2D eigenvalue weighted by atomic mass is 35.5. The predicted octanol–water partition coefficient (Wildman–Crippen LogP) is 4.82. The van der Waals surface area contributed by atoms with Crippen molar-refractivity contribution in [3.05, 3.63) is 58.6 Å². The molecule has 0 bridgehead atoms. The summed E-state index contributed by atoms with van der Waals surface area (Å²) in [5.41, 5.74) is 0.792. The van der Waals surface area contributed by atoms with Gasteiger partial charge in [0, 0.05) is 24.3 Å². The fraction of sp³-hybridized carbons (Fsp3) is 0.333. The van der Waals surface area contributed by atoms with Crippen LogP contribution in [0, 0.1) is 5.82 Å². The van der Waals surface area contributed by atoms with Crippen molar-refractivity contribution in [2.45, 2.75) is 31.4 Å². The number of aromatic nitrogens is 2. The molecule has 0 aliphatic carbocycles. The van der Waals surface area contributed by atoms with E-state index in [1.54, 1.807) is 12.1 Å². The molecule has 1 saturated heterocycles. The van der Waals surface area contributed by atoms with Crippen LogP contribution >= 0.6 is 11.6 Å². The first-order valence-corrected chi connectivity index (χ1v) is 9.98. The van der Waals surface area contributed by atoms with Crippen LogP contribution in [0.1, 0.15) is 30.3 Å². The van der Waals surface area contributed by atoms with Gasteiger partial charge in [0.1, 0.15) is 11.6 Å². The zero-order chi connectivity index (χ0) is 21.0. The van der Waals surface area contributed by atoms with E-state index < -0.39 is 23.2 Å². The lowest BCUT2D eigenvalue weighted by atomic mass is 10.1. The minimum atomic E-state index is -3.71. The lowest BCUT2D eigenvalue weighted by molar-refractivity contribution is -0.141. The Labute approximate surface area is 175 Å². The van der Waals surface area contributed by atoms with Gasteiger partial charge in [0.15, 0.2) is 0 Å². The van der Waals surface area contributed by atoms with E-state index in [0.717, 1.165) is 41.5 Å². The predicted molar refractivity (Wildman–Crippen MR) is 105 cm³/mol. The maximum absolute atomic E-state index is 14.6. The monoisotopic (exact) mass is 435 g/mol. The fourth-order valence-corrected chi connectivity index (χ4v) is 4.44. The highest BCUT2D eigenvalue weighted by Gasteiger charge is 2.53. The molecular weight excluding hydrogens is 419 g/mol. The van der Waals surface area contributed by atoms with Gasteiger partial charge in [0.05, 0.1) is 28.8 Å². The van der Waals surface area contributed by atoms with Gasteiger partial charge < -0.3 is 9.30 Å². The largest absolute Gasteiger partial charge is 0.381 e. The van der Waals surface area contributed by atoms with Gasteiger partial charge in [-0.1, -0.05) is 11.6 Å². The van der Waals surface area contributed by atoms with Crippen LogP contribution in [0.25, 0.3) is 11.0 Å². The zero-order valence-corrected chi connectivity index (χ0v) is 16.5. The van der Waals surface area contributed by atoms with Gasteiger partial charge in [0.2, 0.25) is 0 Å². The molecular formula is C21H17ClF3N3O2.